The summed E-state index contributed by atoms with van der Waals surface area (Å²) in [7, 11) is 0. The minimum atomic E-state index is -0.353. The van der Waals surface area contributed by atoms with Crippen molar-refractivity contribution in [3.05, 3.63) is 65.7 Å². The van der Waals surface area contributed by atoms with E-state index >= 15 is 0 Å². The Morgan fingerprint density at radius 2 is 1.59 bits per heavy atom. The molecule has 0 spiro atoms. The van der Waals surface area contributed by atoms with Gasteiger partial charge in [0.25, 0.3) is 0 Å². The Kier molecular flexibility index (Phi) is 3.59. The highest BCUT2D eigenvalue weighted by molar-refractivity contribution is 9.09. The molecule has 0 amide bonds. The van der Waals surface area contributed by atoms with Crippen LogP contribution in [0.2, 0.25) is 0 Å². The van der Waals surface area contributed by atoms with Crippen molar-refractivity contribution in [1.29, 1.82) is 0 Å². The third kappa shape index (κ3) is 2.74. The Morgan fingerprint density at radius 3 is 2.18 bits per heavy atom. The molecule has 0 bridgehead atoms. The Labute approximate surface area is 108 Å². The molecule has 1 N–H and O–H groups in total. The first-order valence-corrected chi connectivity index (χ1v) is 6.12. The van der Waals surface area contributed by atoms with Gasteiger partial charge in [-0.15, -0.1) is 0 Å². The molecule has 86 valence electrons. The number of halogens is 1. The van der Waals surface area contributed by atoms with E-state index in [1.807, 2.05) is 30.3 Å². The molecule has 3 heteroatoms. The van der Waals surface area contributed by atoms with Crippen LogP contribution in [0.3, 0.4) is 0 Å². The van der Waals surface area contributed by atoms with Crippen molar-refractivity contribution in [3.63, 3.8) is 0 Å². The zero-order valence-corrected chi connectivity index (χ0v) is 10.6. The lowest BCUT2D eigenvalue weighted by Crippen LogP contribution is -2.06. The van der Waals surface area contributed by atoms with Gasteiger partial charge in [0, 0.05) is 5.56 Å². The molecular formula is C14H11BrO2. The highest BCUT2D eigenvalue weighted by Crippen LogP contribution is 2.27. The highest BCUT2D eigenvalue weighted by Gasteiger charge is 2.18. The number of hydrogen-bond donors (Lipinski definition) is 1. The number of Topliss-reactive ketones (excluding diaryl/α,β-unsaturated/α-hetero) is 1. The van der Waals surface area contributed by atoms with E-state index in [4.69, 9.17) is 0 Å². The number of carbonyl (C=O) groups is 1. The van der Waals surface area contributed by atoms with Crippen molar-refractivity contribution in [3.8, 4) is 5.75 Å². The highest BCUT2D eigenvalue weighted by atomic mass is 79.9. The molecule has 2 rings (SSSR count). The molecular weight excluding hydrogens is 280 g/mol. The third-order valence-electron chi connectivity index (χ3n) is 2.47. The number of phenols is 1. The molecule has 0 aliphatic rings. The predicted octanol–water partition coefficient (Wildman–Crippen LogP) is 3.71. The number of benzene rings is 2. The molecule has 17 heavy (non-hydrogen) atoms. The number of rotatable bonds is 3. The average Bonchev–Trinajstić information content (AvgIpc) is 2.39. The number of phenolic OH excluding ortho intramolecular Hbond substituents is 1. The quantitative estimate of drug-likeness (QED) is 0.691. The molecule has 1 atom stereocenters. The fourth-order valence-corrected chi connectivity index (χ4v) is 2.11. The van der Waals surface area contributed by atoms with Gasteiger partial charge < -0.3 is 5.11 Å². The lowest BCUT2D eigenvalue weighted by atomic mass is 10.0. The molecule has 0 saturated heterocycles. The van der Waals surface area contributed by atoms with Gasteiger partial charge in [-0.25, -0.2) is 0 Å². The van der Waals surface area contributed by atoms with Crippen molar-refractivity contribution in [2.45, 2.75) is 4.83 Å². The predicted molar refractivity (Wildman–Crippen MR) is 70.5 cm³/mol. The first kappa shape index (κ1) is 11.9. The molecule has 0 radical (unpaired) electrons. The molecule has 0 heterocycles. The second kappa shape index (κ2) is 5.15. The second-order valence-corrected chi connectivity index (χ2v) is 4.60. The van der Waals surface area contributed by atoms with Gasteiger partial charge in [-0.1, -0.05) is 46.3 Å². The van der Waals surface area contributed by atoms with E-state index in [9.17, 15) is 9.90 Å². The van der Waals surface area contributed by atoms with Crippen molar-refractivity contribution in [2.24, 2.45) is 0 Å². The molecule has 0 aromatic heterocycles. The molecule has 0 saturated carbocycles. The number of aromatic hydroxyl groups is 1. The van der Waals surface area contributed by atoms with E-state index in [2.05, 4.69) is 15.9 Å². The van der Waals surface area contributed by atoms with Crippen LogP contribution in [0.4, 0.5) is 0 Å². The monoisotopic (exact) mass is 290 g/mol. The van der Waals surface area contributed by atoms with Crippen LogP contribution in [0.1, 0.15) is 20.7 Å². The van der Waals surface area contributed by atoms with E-state index in [-0.39, 0.29) is 16.4 Å². The first-order valence-electron chi connectivity index (χ1n) is 5.21. The topological polar surface area (TPSA) is 37.3 Å². The van der Waals surface area contributed by atoms with Crippen LogP contribution in [-0.4, -0.2) is 10.9 Å². The zero-order chi connectivity index (χ0) is 12.3. The summed E-state index contributed by atoms with van der Waals surface area (Å²) in [5.74, 6) is 0.142. The third-order valence-corrected chi connectivity index (χ3v) is 3.42. The summed E-state index contributed by atoms with van der Waals surface area (Å²) in [6.45, 7) is 0. The van der Waals surface area contributed by atoms with Crippen LogP contribution in [0.15, 0.2) is 54.6 Å². The summed E-state index contributed by atoms with van der Waals surface area (Å²) < 4.78 is 0. The minimum Gasteiger partial charge on any atom is -0.508 e. The zero-order valence-electron chi connectivity index (χ0n) is 9.01. The van der Waals surface area contributed by atoms with Gasteiger partial charge in [-0.3, -0.25) is 4.79 Å². The maximum absolute atomic E-state index is 12.1. The fraction of sp³-hybridized carbons (Fsp3) is 0.0714. The molecule has 0 aliphatic heterocycles. The van der Waals surface area contributed by atoms with Crippen LogP contribution in [0.5, 0.6) is 5.75 Å². The van der Waals surface area contributed by atoms with Crippen molar-refractivity contribution < 1.29 is 9.90 Å². The maximum Gasteiger partial charge on any atom is 0.180 e. The Morgan fingerprint density at radius 1 is 1.00 bits per heavy atom. The van der Waals surface area contributed by atoms with Gasteiger partial charge in [-0.05, 0) is 29.8 Å². The summed E-state index contributed by atoms with van der Waals surface area (Å²) in [6.07, 6.45) is 0. The van der Waals surface area contributed by atoms with Crippen LogP contribution in [0, 0.1) is 0 Å². The van der Waals surface area contributed by atoms with Crippen molar-refractivity contribution in [1.82, 2.24) is 0 Å². The van der Waals surface area contributed by atoms with Gasteiger partial charge in [0.2, 0.25) is 0 Å². The van der Waals surface area contributed by atoms with E-state index in [0.29, 0.717) is 5.56 Å². The molecule has 2 aromatic rings. The van der Waals surface area contributed by atoms with Gasteiger partial charge in [-0.2, -0.15) is 0 Å². The number of hydrogen-bond acceptors (Lipinski definition) is 2. The lowest BCUT2D eigenvalue weighted by molar-refractivity contribution is 0.0991. The fourth-order valence-electron chi connectivity index (χ4n) is 1.55. The van der Waals surface area contributed by atoms with E-state index in [1.54, 1.807) is 12.1 Å². The van der Waals surface area contributed by atoms with Crippen molar-refractivity contribution >= 4 is 21.7 Å². The molecule has 0 fully saturated rings. The summed E-state index contributed by atoms with van der Waals surface area (Å²) in [4.78, 5) is 11.8. The summed E-state index contributed by atoms with van der Waals surface area (Å²) in [5, 5.41) is 9.17. The van der Waals surface area contributed by atoms with Crippen LogP contribution >= 0.6 is 15.9 Å². The van der Waals surface area contributed by atoms with Crippen molar-refractivity contribution in [2.75, 3.05) is 0 Å². The minimum absolute atomic E-state index is 0.0174. The summed E-state index contributed by atoms with van der Waals surface area (Å²) in [6, 6.07) is 15.8. The summed E-state index contributed by atoms with van der Waals surface area (Å²) in [5.41, 5.74) is 1.50. The number of alkyl halides is 1. The normalized spacial score (nSPS) is 12.1. The van der Waals surface area contributed by atoms with E-state index in [1.165, 1.54) is 12.1 Å². The second-order valence-electron chi connectivity index (χ2n) is 3.68. The van der Waals surface area contributed by atoms with E-state index < -0.39 is 0 Å². The molecule has 2 nitrogen and oxygen atoms in total. The molecule has 0 aliphatic carbocycles. The Bertz CT molecular complexity index is 506. The number of carbonyl (C=O) groups excluding carboxylic acids is 1. The Hall–Kier alpha value is -1.61. The first-order chi connectivity index (χ1) is 8.18. The largest absolute Gasteiger partial charge is 0.508 e. The van der Waals surface area contributed by atoms with Gasteiger partial charge in [0.1, 0.15) is 10.6 Å². The number of ketones is 1. The van der Waals surface area contributed by atoms with Gasteiger partial charge in [0.05, 0.1) is 0 Å². The molecule has 0 unspecified atom stereocenters. The van der Waals surface area contributed by atoms with Gasteiger partial charge in [0.15, 0.2) is 5.78 Å². The van der Waals surface area contributed by atoms with Crippen LogP contribution in [-0.2, 0) is 0 Å². The standard InChI is InChI=1S/C14H11BrO2/c15-13(10-4-2-1-3-5-10)14(17)11-6-8-12(16)9-7-11/h1-9,13,16H/t13-/m0/s1. The lowest BCUT2D eigenvalue weighted by Gasteiger charge is -2.09. The Balaban J connectivity index is 2.23. The maximum atomic E-state index is 12.1. The molecule has 2 aromatic carbocycles. The van der Waals surface area contributed by atoms with E-state index in [0.717, 1.165) is 5.56 Å². The van der Waals surface area contributed by atoms with Crippen LogP contribution in [0.25, 0.3) is 0 Å². The van der Waals surface area contributed by atoms with Crippen LogP contribution < -0.4 is 0 Å². The average molecular weight is 291 g/mol. The summed E-state index contributed by atoms with van der Waals surface area (Å²) >= 11 is 3.39. The smallest absolute Gasteiger partial charge is 0.180 e. The SMILES string of the molecule is O=C(c1ccc(O)cc1)[C@@H](Br)c1ccccc1. The van der Waals surface area contributed by atoms with Gasteiger partial charge >= 0.3 is 0 Å².